The van der Waals surface area contributed by atoms with Crippen molar-refractivity contribution in [3.05, 3.63) is 29.3 Å². The summed E-state index contributed by atoms with van der Waals surface area (Å²) in [7, 11) is 1.61. The van der Waals surface area contributed by atoms with Gasteiger partial charge in [0, 0.05) is 0 Å². The van der Waals surface area contributed by atoms with Gasteiger partial charge in [0.25, 0.3) is 0 Å². The van der Waals surface area contributed by atoms with E-state index in [9.17, 15) is 4.79 Å². The SMILES string of the molecule is COc1ccc(C)cc1C#CCC=O. The molecule has 0 saturated carbocycles. The van der Waals surface area contributed by atoms with E-state index in [1.165, 1.54) is 0 Å². The zero-order chi connectivity index (χ0) is 10.4. The lowest BCUT2D eigenvalue weighted by Gasteiger charge is -2.03. The zero-order valence-electron chi connectivity index (χ0n) is 8.33. The average molecular weight is 188 g/mol. The third kappa shape index (κ3) is 2.63. The van der Waals surface area contributed by atoms with Gasteiger partial charge in [-0.15, -0.1) is 0 Å². The second-order valence-corrected chi connectivity index (χ2v) is 2.88. The highest BCUT2D eigenvalue weighted by Gasteiger charge is 1.98. The quantitative estimate of drug-likeness (QED) is 0.523. The molecule has 0 unspecified atom stereocenters. The van der Waals surface area contributed by atoms with Gasteiger partial charge in [0.05, 0.1) is 19.1 Å². The normalized spacial score (nSPS) is 8.71. The molecule has 0 saturated heterocycles. The number of rotatable bonds is 2. The summed E-state index contributed by atoms with van der Waals surface area (Å²) in [4.78, 5) is 10.1. The fraction of sp³-hybridized carbons (Fsp3) is 0.250. The van der Waals surface area contributed by atoms with Crippen molar-refractivity contribution in [2.45, 2.75) is 13.3 Å². The maximum absolute atomic E-state index is 10.1. The van der Waals surface area contributed by atoms with Gasteiger partial charge in [-0.3, -0.25) is 0 Å². The van der Waals surface area contributed by atoms with Crippen LogP contribution in [0.25, 0.3) is 0 Å². The smallest absolute Gasteiger partial charge is 0.134 e. The topological polar surface area (TPSA) is 26.3 Å². The molecule has 0 bridgehead atoms. The third-order valence-electron chi connectivity index (χ3n) is 1.76. The van der Waals surface area contributed by atoms with Gasteiger partial charge in [0.15, 0.2) is 0 Å². The van der Waals surface area contributed by atoms with Crippen molar-refractivity contribution >= 4 is 6.29 Å². The molecular formula is C12H12O2. The predicted octanol–water partition coefficient (Wildman–Crippen LogP) is 1.94. The first-order valence-electron chi connectivity index (χ1n) is 4.35. The molecule has 14 heavy (non-hydrogen) atoms. The lowest BCUT2D eigenvalue weighted by atomic mass is 10.1. The maximum atomic E-state index is 10.1. The highest BCUT2D eigenvalue weighted by atomic mass is 16.5. The van der Waals surface area contributed by atoms with Crippen LogP contribution in [0.15, 0.2) is 18.2 Å². The summed E-state index contributed by atoms with van der Waals surface area (Å²) in [6, 6.07) is 5.78. The maximum Gasteiger partial charge on any atom is 0.134 e. The van der Waals surface area contributed by atoms with Crippen LogP contribution in [0.3, 0.4) is 0 Å². The van der Waals surface area contributed by atoms with Crippen molar-refractivity contribution in [1.29, 1.82) is 0 Å². The van der Waals surface area contributed by atoms with E-state index in [0.717, 1.165) is 23.2 Å². The lowest BCUT2D eigenvalue weighted by molar-refractivity contribution is -0.107. The molecule has 2 nitrogen and oxygen atoms in total. The molecule has 1 rings (SSSR count). The number of carbonyl (C=O) groups excluding carboxylic acids is 1. The number of hydrogen-bond acceptors (Lipinski definition) is 2. The summed E-state index contributed by atoms with van der Waals surface area (Å²) in [6.07, 6.45) is 1.05. The van der Waals surface area contributed by atoms with Crippen molar-refractivity contribution in [1.82, 2.24) is 0 Å². The number of hydrogen-bond donors (Lipinski definition) is 0. The molecule has 0 spiro atoms. The largest absolute Gasteiger partial charge is 0.495 e. The second kappa shape index (κ2) is 5.08. The Morgan fingerprint density at radius 2 is 2.29 bits per heavy atom. The van der Waals surface area contributed by atoms with E-state index in [2.05, 4.69) is 11.8 Å². The van der Waals surface area contributed by atoms with Crippen LogP contribution in [0.1, 0.15) is 17.5 Å². The van der Waals surface area contributed by atoms with Crippen molar-refractivity contribution in [3.8, 4) is 17.6 Å². The first-order chi connectivity index (χ1) is 6.77. The summed E-state index contributed by atoms with van der Waals surface area (Å²) < 4.78 is 5.14. The molecule has 0 heterocycles. The van der Waals surface area contributed by atoms with Crippen LogP contribution >= 0.6 is 0 Å². The summed E-state index contributed by atoms with van der Waals surface area (Å²) in [5, 5.41) is 0. The van der Waals surface area contributed by atoms with Gasteiger partial charge in [-0.2, -0.15) is 0 Å². The van der Waals surface area contributed by atoms with Crippen molar-refractivity contribution in [2.75, 3.05) is 7.11 Å². The molecule has 0 aliphatic carbocycles. The van der Waals surface area contributed by atoms with Gasteiger partial charge >= 0.3 is 0 Å². The first kappa shape index (κ1) is 10.3. The van der Waals surface area contributed by atoms with E-state index in [-0.39, 0.29) is 6.42 Å². The predicted molar refractivity (Wildman–Crippen MR) is 55.3 cm³/mol. The molecule has 0 fully saturated rings. The molecule has 0 amide bonds. The minimum Gasteiger partial charge on any atom is -0.495 e. The Hall–Kier alpha value is -1.75. The summed E-state index contributed by atoms with van der Waals surface area (Å²) >= 11 is 0. The van der Waals surface area contributed by atoms with E-state index in [4.69, 9.17) is 4.74 Å². The van der Waals surface area contributed by atoms with Gasteiger partial charge in [-0.1, -0.05) is 17.9 Å². The van der Waals surface area contributed by atoms with Crippen LogP contribution in [0.4, 0.5) is 0 Å². The molecule has 1 aromatic rings. The van der Waals surface area contributed by atoms with Crippen molar-refractivity contribution < 1.29 is 9.53 Å². The van der Waals surface area contributed by atoms with Crippen molar-refractivity contribution in [3.63, 3.8) is 0 Å². The number of aryl methyl sites for hydroxylation is 1. The van der Waals surface area contributed by atoms with Crippen LogP contribution in [0.2, 0.25) is 0 Å². The molecule has 0 atom stereocenters. The Labute approximate surface area is 83.9 Å². The van der Waals surface area contributed by atoms with Crippen LogP contribution in [0, 0.1) is 18.8 Å². The van der Waals surface area contributed by atoms with Crippen molar-refractivity contribution in [2.24, 2.45) is 0 Å². The number of ether oxygens (including phenoxy) is 1. The fourth-order valence-corrected chi connectivity index (χ4v) is 1.11. The van der Waals surface area contributed by atoms with Gasteiger partial charge in [0.2, 0.25) is 0 Å². The molecule has 0 aliphatic heterocycles. The Balaban J connectivity index is 3.00. The number of methoxy groups -OCH3 is 1. The van der Waals surface area contributed by atoms with E-state index in [0.29, 0.717) is 0 Å². The Morgan fingerprint density at radius 1 is 1.50 bits per heavy atom. The Bertz CT molecular complexity index is 383. The molecule has 0 N–H and O–H groups in total. The van der Waals surface area contributed by atoms with Gasteiger partial charge in [-0.05, 0) is 24.6 Å². The number of aldehydes is 1. The zero-order valence-corrected chi connectivity index (χ0v) is 8.33. The van der Waals surface area contributed by atoms with Crippen LogP contribution in [-0.4, -0.2) is 13.4 Å². The minimum atomic E-state index is 0.261. The Kier molecular flexibility index (Phi) is 3.75. The fourth-order valence-electron chi connectivity index (χ4n) is 1.11. The van der Waals surface area contributed by atoms with E-state index < -0.39 is 0 Å². The first-order valence-corrected chi connectivity index (χ1v) is 4.35. The van der Waals surface area contributed by atoms with Crippen LogP contribution < -0.4 is 4.74 Å². The standard InChI is InChI=1S/C12H12O2/c1-10-6-7-12(14-2)11(9-10)5-3-4-8-13/h6-9H,4H2,1-2H3. The van der Waals surface area contributed by atoms with E-state index in [1.54, 1.807) is 7.11 Å². The number of carbonyl (C=O) groups is 1. The molecule has 2 heteroatoms. The minimum absolute atomic E-state index is 0.261. The summed E-state index contributed by atoms with van der Waals surface area (Å²) in [6.45, 7) is 1.99. The van der Waals surface area contributed by atoms with Gasteiger partial charge in [0.1, 0.15) is 12.0 Å². The van der Waals surface area contributed by atoms with Gasteiger partial charge in [-0.25, -0.2) is 0 Å². The molecule has 72 valence electrons. The van der Waals surface area contributed by atoms with E-state index in [1.807, 2.05) is 25.1 Å². The highest BCUT2D eigenvalue weighted by molar-refractivity contribution is 5.56. The third-order valence-corrected chi connectivity index (χ3v) is 1.76. The molecule has 0 aromatic heterocycles. The summed E-state index contributed by atoms with van der Waals surface area (Å²) in [5.74, 6) is 6.40. The molecule has 0 aliphatic rings. The number of benzene rings is 1. The molecule has 1 aromatic carbocycles. The molecule has 0 radical (unpaired) electrons. The Morgan fingerprint density at radius 3 is 2.93 bits per heavy atom. The summed E-state index contributed by atoms with van der Waals surface area (Å²) in [5.41, 5.74) is 1.95. The average Bonchev–Trinajstić information content (AvgIpc) is 2.19. The van der Waals surface area contributed by atoms with Crippen LogP contribution in [-0.2, 0) is 4.79 Å². The van der Waals surface area contributed by atoms with E-state index >= 15 is 0 Å². The van der Waals surface area contributed by atoms with Gasteiger partial charge < -0.3 is 9.53 Å². The highest BCUT2D eigenvalue weighted by Crippen LogP contribution is 2.18. The van der Waals surface area contributed by atoms with Crippen LogP contribution in [0.5, 0.6) is 5.75 Å². The molecular weight excluding hydrogens is 176 g/mol. The monoisotopic (exact) mass is 188 g/mol. The second-order valence-electron chi connectivity index (χ2n) is 2.88. The lowest BCUT2D eigenvalue weighted by Crippen LogP contribution is -1.88.